The topological polar surface area (TPSA) is 206 Å². The van der Waals surface area contributed by atoms with Crippen molar-refractivity contribution in [2.45, 2.75) is 63.2 Å². The van der Waals surface area contributed by atoms with Gasteiger partial charge in [0.25, 0.3) is 0 Å². The van der Waals surface area contributed by atoms with Gasteiger partial charge in [0.1, 0.15) is 18.1 Å². The summed E-state index contributed by atoms with van der Waals surface area (Å²) < 4.78 is 0. The SMILES string of the molecule is CC(N)C(=O)NC(Cc1ccccc1)C(=O)NC(CCCN=C(N)N)C(=O)N1CCCC1C(=O)O. The fourth-order valence-electron chi connectivity index (χ4n) is 3.88. The molecule has 0 aromatic heterocycles. The number of benzene rings is 1. The highest BCUT2D eigenvalue weighted by Crippen LogP contribution is 2.20. The molecular weight excluding hydrogens is 454 g/mol. The number of nitrogens with one attached hydrogen (secondary N) is 2. The average Bonchev–Trinajstić information content (AvgIpc) is 3.31. The molecule has 1 fully saturated rings. The lowest BCUT2D eigenvalue weighted by atomic mass is 10.0. The zero-order valence-corrected chi connectivity index (χ0v) is 19.9. The van der Waals surface area contributed by atoms with E-state index in [4.69, 9.17) is 17.2 Å². The Bertz CT molecular complexity index is 918. The van der Waals surface area contributed by atoms with Crippen LogP contribution in [0.25, 0.3) is 0 Å². The van der Waals surface area contributed by atoms with Gasteiger partial charge in [-0.2, -0.15) is 0 Å². The lowest BCUT2D eigenvalue weighted by Gasteiger charge is -2.29. The van der Waals surface area contributed by atoms with Gasteiger partial charge in [0.15, 0.2) is 5.96 Å². The Morgan fingerprint density at radius 3 is 2.37 bits per heavy atom. The average molecular weight is 490 g/mol. The van der Waals surface area contributed by atoms with Crippen molar-refractivity contribution in [1.82, 2.24) is 15.5 Å². The predicted octanol–water partition coefficient (Wildman–Crippen LogP) is -1.32. The summed E-state index contributed by atoms with van der Waals surface area (Å²) in [5.74, 6) is -2.77. The molecule has 1 aromatic carbocycles. The largest absolute Gasteiger partial charge is 0.480 e. The van der Waals surface area contributed by atoms with Gasteiger partial charge in [0, 0.05) is 19.5 Å². The number of aliphatic imine (C=N–C) groups is 1. The van der Waals surface area contributed by atoms with Gasteiger partial charge >= 0.3 is 5.97 Å². The summed E-state index contributed by atoms with van der Waals surface area (Å²) in [6, 6.07) is 5.31. The third-order valence-corrected chi connectivity index (χ3v) is 5.71. The minimum atomic E-state index is -1.09. The molecule has 1 saturated heterocycles. The third kappa shape index (κ3) is 8.56. The number of amides is 3. The zero-order chi connectivity index (χ0) is 26.0. The number of likely N-dealkylation sites (tertiary alicyclic amines) is 1. The van der Waals surface area contributed by atoms with E-state index in [1.165, 1.54) is 11.8 Å². The molecule has 3 amide bonds. The number of guanidine groups is 1. The van der Waals surface area contributed by atoms with E-state index in [2.05, 4.69) is 15.6 Å². The number of aliphatic carboxylic acids is 1. The van der Waals surface area contributed by atoms with Gasteiger partial charge in [-0.3, -0.25) is 19.4 Å². The van der Waals surface area contributed by atoms with Crippen LogP contribution in [0.5, 0.6) is 0 Å². The van der Waals surface area contributed by atoms with Crippen molar-refractivity contribution in [2.75, 3.05) is 13.1 Å². The summed E-state index contributed by atoms with van der Waals surface area (Å²) in [6.07, 6.45) is 1.63. The van der Waals surface area contributed by atoms with Crippen LogP contribution in [0.3, 0.4) is 0 Å². The van der Waals surface area contributed by atoms with Crippen molar-refractivity contribution < 1.29 is 24.3 Å². The first-order chi connectivity index (χ1) is 16.6. The Kier molecular flexibility index (Phi) is 10.5. The van der Waals surface area contributed by atoms with Crippen LogP contribution >= 0.6 is 0 Å². The number of nitrogens with zero attached hydrogens (tertiary/aromatic N) is 2. The smallest absolute Gasteiger partial charge is 0.326 e. The molecule has 2 rings (SSSR count). The monoisotopic (exact) mass is 489 g/mol. The molecule has 0 bridgehead atoms. The highest BCUT2D eigenvalue weighted by Gasteiger charge is 2.38. The summed E-state index contributed by atoms with van der Waals surface area (Å²) in [5, 5.41) is 14.8. The molecule has 0 aliphatic carbocycles. The fourth-order valence-corrected chi connectivity index (χ4v) is 3.88. The van der Waals surface area contributed by atoms with Crippen LogP contribution in [0.15, 0.2) is 35.3 Å². The van der Waals surface area contributed by atoms with E-state index in [-0.39, 0.29) is 31.9 Å². The number of hydrogen-bond donors (Lipinski definition) is 6. The summed E-state index contributed by atoms with van der Waals surface area (Å²) in [7, 11) is 0. The minimum absolute atomic E-state index is 0.0936. The van der Waals surface area contributed by atoms with Gasteiger partial charge in [-0.15, -0.1) is 0 Å². The Hall–Kier alpha value is -3.67. The maximum absolute atomic E-state index is 13.3. The molecule has 0 spiro atoms. The maximum Gasteiger partial charge on any atom is 0.326 e. The van der Waals surface area contributed by atoms with E-state index in [1.807, 2.05) is 30.3 Å². The fraction of sp³-hybridized carbons (Fsp3) is 0.522. The summed E-state index contributed by atoms with van der Waals surface area (Å²) in [6.45, 7) is 2.02. The van der Waals surface area contributed by atoms with Crippen molar-refractivity contribution in [3.63, 3.8) is 0 Å². The molecule has 1 aliphatic heterocycles. The number of rotatable bonds is 12. The number of carboxylic acid groups (broad SMARTS) is 1. The van der Waals surface area contributed by atoms with E-state index in [0.29, 0.717) is 19.3 Å². The first-order valence-corrected chi connectivity index (χ1v) is 11.6. The summed E-state index contributed by atoms with van der Waals surface area (Å²) >= 11 is 0. The Balaban J connectivity index is 2.22. The molecule has 9 N–H and O–H groups in total. The van der Waals surface area contributed by atoms with Crippen molar-refractivity contribution in [3.8, 4) is 0 Å². The summed E-state index contributed by atoms with van der Waals surface area (Å²) in [4.78, 5) is 55.6. The van der Waals surface area contributed by atoms with Gasteiger partial charge < -0.3 is 37.8 Å². The minimum Gasteiger partial charge on any atom is -0.480 e. The van der Waals surface area contributed by atoms with Crippen LogP contribution < -0.4 is 27.8 Å². The van der Waals surface area contributed by atoms with Gasteiger partial charge in [0.2, 0.25) is 17.7 Å². The Morgan fingerprint density at radius 2 is 1.77 bits per heavy atom. The number of hydrogen-bond acceptors (Lipinski definition) is 6. The number of carbonyl (C=O) groups excluding carboxylic acids is 3. The number of carboxylic acids is 1. The molecule has 1 aliphatic rings. The second kappa shape index (κ2) is 13.3. The van der Waals surface area contributed by atoms with E-state index < -0.39 is 47.9 Å². The van der Waals surface area contributed by atoms with Crippen LogP contribution in [0.4, 0.5) is 0 Å². The normalized spacial score (nSPS) is 17.7. The molecular formula is C23H35N7O5. The van der Waals surface area contributed by atoms with Crippen LogP contribution in [0.2, 0.25) is 0 Å². The second-order valence-electron chi connectivity index (χ2n) is 8.58. The first kappa shape index (κ1) is 27.6. The van der Waals surface area contributed by atoms with Crippen LogP contribution in [0.1, 0.15) is 38.2 Å². The highest BCUT2D eigenvalue weighted by molar-refractivity contribution is 5.94. The van der Waals surface area contributed by atoms with E-state index in [0.717, 1.165) is 5.56 Å². The third-order valence-electron chi connectivity index (χ3n) is 5.71. The highest BCUT2D eigenvalue weighted by atomic mass is 16.4. The van der Waals surface area contributed by atoms with Crippen molar-refractivity contribution >= 4 is 29.7 Å². The Labute approximate surface area is 204 Å². The number of nitrogens with two attached hydrogens (primary N) is 3. The standard InChI is InChI=1S/C23H35N7O5/c1-14(24)19(31)29-17(13-15-7-3-2-4-8-15)20(32)28-16(9-5-11-27-23(25)26)21(33)30-12-6-10-18(30)22(34)35/h2-4,7-8,14,16-18H,5-6,9-13,24H2,1H3,(H,28,32)(H,29,31)(H,34,35)(H4,25,26,27). The van der Waals surface area contributed by atoms with E-state index >= 15 is 0 Å². The molecule has 35 heavy (non-hydrogen) atoms. The number of carbonyl (C=O) groups is 4. The van der Waals surface area contributed by atoms with Crippen LogP contribution in [-0.2, 0) is 25.6 Å². The van der Waals surface area contributed by atoms with Crippen LogP contribution in [0, 0.1) is 0 Å². The van der Waals surface area contributed by atoms with Crippen molar-refractivity contribution in [1.29, 1.82) is 0 Å². The molecule has 1 heterocycles. The molecule has 192 valence electrons. The first-order valence-electron chi connectivity index (χ1n) is 11.6. The predicted molar refractivity (Wildman–Crippen MR) is 130 cm³/mol. The van der Waals surface area contributed by atoms with Gasteiger partial charge in [0.05, 0.1) is 6.04 Å². The van der Waals surface area contributed by atoms with E-state index in [9.17, 15) is 24.3 Å². The molecule has 1 aromatic rings. The zero-order valence-electron chi connectivity index (χ0n) is 19.9. The van der Waals surface area contributed by atoms with Crippen LogP contribution in [-0.4, -0.2) is 76.9 Å². The Morgan fingerprint density at radius 1 is 1.11 bits per heavy atom. The molecule has 12 heteroatoms. The lowest BCUT2D eigenvalue weighted by Crippen LogP contribution is -2.57. The maximum atomic E-state index is 13.3. The second-order valence-corrected chi connectivity index (χ2v) is 8.58. The molecule has 0 saturated carbocycles. The quantitative estimate of drug-likeness (QED) is 0.118. The molecule has 4 atom stereocenters. The molecule has 4 unspecified atom stereocenters. The molecule has 12 nitrogen and oxygen atoms in total. The van der Waals surface area contributed by atoms with Crippen molar-refractivity contribution in [3.05, 3.63) is 35.9 Å². The van der Waals surface area contributed by atoms with Gasteiger partial charge in [-0.25, -0.2) is 4.79 Å². The lowest BCUT2D eigenvalue weighted by molar-refractivity contribution is -0.149. The summed E-state index contributed by atoms with van der Waals surface area (Å²) in [5.41, 5.74) is 17.2. The van der Waals surface area contributed by atoms with E-state index in [1.54, 1.807) is 0 Å². The van der Waals surface area contributed by atoms with Gasteiger partial charge in [-0.05, 0) is 38.2 Å². The van der Waals surface area contributed by atoms with Gasteiger partial charge in [-0.1, -0.05) is 30.3 Å². The molecule has 0 radical (unpaired) electrons. The van der Waals surface area contributed by atoms with Crippen molar-refractivity contribution in [2.24, 2.45) is 22.2 Å².